The number of alkyl carbamates (subject to hydrolysis) is 1. The molecule has 2 unspecified atom stereocenters. The van der Waals surface area contributed by atoms with Crippen molar-refractivity contribution in [1.82, 2.24) is 15.5 Å². The van der Waals surface area contributed by atoms with Crippen molar-refractivity contribution in [2.75, 3.05) is 5.75 Å². The maximum Gasteiger partial charge on any atom is 0.408 e. The van der Waals surface area contributed by atoms with Gasteiger partial charge in [-0.3, -0.25) is 9.59 Å². The molecule has 2 fully saturated rings. The highest BCUT2D eigenvalue weighted by atomic mass is 32.1. The Morgan fingerprint density at radius 1 is 1.06 bits per heavy atom. The molecule has 0 spiro atoms. The monoisotopic (exact) mass is 489 g/mol. The molecule has 188 valence electrons. The summed E-state index contributed by atoms with van der Waals surface area (Å²) in [4.78, 5) is 41.5. The number of aryl methyl sites for hydroxylation is 1. The maximum atomic E-state index is 13.8. The molecule has 7 nitrogen and oxygen atoms in total. The van der Waals surface area contributed by atoms with Gasteiger partial charge in [-0.15, -0.1) is 0 Å². The van der Waals surface area contributed by atoms with Crippen LogP contribution in [0.15, 0.2) is 24.3 Å². The predicted molar refractivity (Wildman–Crippen MR) is 136 cm³/mol. The van der Waals surface area contributed by atoms with Crippen molar-refractivity contribution in [3.63, 3.8) is 0 Å². The summed E-state index contributed by atoms with van der Waals surface area (Å²) in [6, 6.07) is 6.19. The zero-order valence-electron chi connectivity index (χ0n) is 20.8. The zero-order chi connectivity index (χ0) is 24.9. The molecular formula is C26H39N3O4S. The summed E-state index contributed by atoms with van der Waals surface area (Å²) in [5.74, 6) is -0.370. The van der Waals surface area contributed by atoms with E-state index in [9.17, 15) is 14.4 Å². The quantitative estimate of drug-likeness (QED) is 0.475. The third-order valence-corrected chi connectivity index (χ3v) is 6.60. The van der Waals surface area contributed by atoms with Crippen LogP contribution in [0.2, 0.25) is 0 Å². The van der Waals surface area contributed by atoms with Gasteiger partial charge < -0.3 is 20.3 Å². The standard InChI is InChI=1S/C26H39N3O4S/c1-17-10-12-18(13-11-17)22(23(30)27-19-8-6-5-7-9-19)29(20-14-15-20)24(31)21(16-34)28-25(32)33-26(2,3)4/h10-13,19-22,34H,5-9,14-16H2,1-4H3,(H,27,30)(H,28,32). The minimum atomic E-state index is -0.894. The highest BCUT2D eigenvalue weighted by Crippen LogP contribution is 2.36. The predicted octanol–water partition coefficient (Wildman–Crippen LogP) is 4.30. The van der Waals surface area contributed by atoms with E-state index in [0.29, 0.717) is 0 Å². The van der Waals surface area contributed by atoms with Gasteiger partial charge in [0.25, 0.3) is 0 Å². The summed E-state index contributed by atoms with van der Waals surface area (Å²) >= 11 is 4.33. The van der Waals surface area contributed by atoms with Crippen LogP contribution in [-0.2, 0) is 14.3 Å². The van der Waals surface area contributed by atoms with Gasteiger partial charge in [-0.1, -0.05) is 49.1 Å². The van der Waals surface area contributed by atoms with Crippen LogP contribution >= 0.6 is 12.6 Å². The van der Waals surface area contributed by atoms with Gasteiger partial charge in [-0.05, 0) is 58.9 Å². The summed E-state index contributed by atoms with van der Waals surface area (Å²) in [6.07, 6.45) is 6.31. The van der Waals surface area contributed by atoms with Crippen molar-refractivity contribution in [3.8, 4) is 0 Å². The Morgan fingerprint density at radius 3 is 2.21 bits per heavy atom. The van der Waals surface area contributed by atoms with Crippen LogP contribution in [0.5, 0.6) is 0 Å². The number of amides is 3. The fraction of sp³-hybridized carbons (Fsp3) is 0.654. The first-order valence-electron chi connectivity index (χ1n) is 12.4. The second-order valence-corrected chi connectivity index (χ2v) is 10.9. The van der Waals surface area contributed by atoms with Gasteiger partial charge in [-0.2, -0.15) is 12.6 Å². The van der Waals surface area contributed by atoms with Gasteiger partial charge >= 0.3 is 6.09 Å². The van der Waals surface area contributed by atoms with Gasteiger partial charge in [0.15, 0.2) is 0 Å². The molecule has 1 aromatic carbocycles. The van der Waals surface area contributed by atoms with E-state index in [0.717, 1.165) is 49.7 Å². The fourth-order valence-electron chi connectivity index (χ4n) is 4.40. The second-order valence-electron chi connectivity index (χ2n) is 10.5. The van der Waals surface area contributed by atoms with Crippen molar-refractivity contribution in [2.24, 2.45) is 0 Å². The molecule has 34 heavy (non-hydrogen) atoms. The van der Waals surface area contributed by atoms with Crippen LogP contribution in [0.1, 0.15) is 82.9 Å². The summed E-state index contributed by atoms with van der Waals surface area (Å²) in [5.41, 5.74) is 1.17. The molecule has 0 aliphatic heterocycles. The lowest BCUT2D eigenvalue weighted by molar-refractivity contribution is -0.143. The molecule has 2 N–H and O–H groups in total. The molecule has 0 saturated heterocycles. The smallest absolute Gasteiger partial charge is 0.408 e. The topological polar surface area (TPSA) is 87.7 Å². The van der Waals surface area contributed by atoms with E-state index >= 15 is 0 Å². The van der Waals surface area contributed by atoms with E-state index in [2.05, 4.69) is 23.3 Å². The van der Waals surface area contributed by atoms with E-state index in [-0.39, 0.29) is 29.7 Å². The van der Waals surface area contributed by atoms with Crippen LogP contribution in [0.4, 0.5) is 4.79 Å². The molecular weight excluding hydrogens is 450 g/mol. The van der Waals surface area contributed by atoms with Crippen molar-refractivity contribution < 1.29 is 19.1 Å². The third-order valence-electron chi connectivity index (χ3n) is 6.24. The lowest BCUT2D eigenvalue weighted by Gasteiger charge is -2.35. The fourth-order valence-corrected chi connectivity index (χ4v) is 4.65. The Kier molecular flexibility index (Phi) is 8.90. The molecule has 2 atom stereocenters. The van der Waals surface area contributed by atoms with Gasteiger partial charge in [-0.25, -0.2) is 4.79 Å². The Morgan fingerprint density at radius 2 is 1.68 bits per heavy atom. The lowest BCUT2D eigenvalue weighted by atomic mass is 9.94. The molecule has 0 radical (unpaired) electrons. The largest absolute Gasteiger partial charge is 0.444 e. The highest BCUT2D eigenvalue weighted by molar-refractivity contribution is 7.80. The van der Waals surface area contributed by atoms with Crippen LogP contribution in [0, 0.1) is 6.92 Å². The van der Waals surface area contributed by atoms with Gasteiger partial charge in [0.05, 0.1) is 0 Å². The number of hydrogen-bond acceptors (Lipinski definition) is 5. The average molecular weight is 490 g/mol. The molecule has 8 heteroatoms. The SMILES string of the molecule is Cc1ccc(C(C(=O)NC2CCCCC2)N(C(=O)C(CS)NC(=O)OC(C)(C)C)C2CC2)cc1. The summed E-state index contributed by atoms with van der Waals surface area (Å²) in [5, 5.41) is 5.88. The van der Waals surface area contributed by atoms with Crippen LogP contribution in [-0.4, -0.2) is 52.3 Å². The second kappa shape index (κ2) is 11.5. The summed E-state index contributed by atoms with van der Waals surface area (Å²) < 4.78 is 5.35. The Bertz CT molecular complexity index is 858. The van der Waals surface area contributed by atoms with E-state index in [1.807, 2.05) is 31.2 Å². The Labute approximate surface area is 208 Å². The maximum absolute atomic E-state index is 13.8. The molecule has 2 aliphatic carbocycles. The zero-order valence-corrected chi connectivity index (χ0v) is 21.7. The molecule has 0 bridgehead atoms. The molecule has 1 aromatic rings. The lowest BCUT2D eigenvalue weighted by Crippen LogP contribution is -2.55. The number of benzene rings is 1. The van der Waals surface area contributed by atoms with Crippen molar-refractivity contribution in [2.45, 2.75) is 102 Å². The van der Waals surface area contributed by atoms with Crippen molar-refractivity contribution >= 4 is 30.5 Å². The van der Waals surface area contributed by atoms with Crippen molar-refractivity contribution in [3.05, 3.63) is 35.4 Å². The first-order chi connectivity index (χ1) is 16.1. The number of ether oxygens (including phenoxy) is 1. The number of hydrogen-bond donors (Lipinski definition) is 3. The molecule has 3 rings (SSSR count). The molecule has 3 amide bonds. The number of nitrogens with zero attached hydrogens (tertiary/aromatic N) is 1. The van der Waals surface area contributed by atoms with E-state index in [4.69, 9.17) is 4.74 Å². The van der Waals surface area contributed by atoms with Crippen molar-refractivity contribution in [1.29, 1.82) is 0 Å². The Balaban J connectivity index is 1.87. The summed E-state index contributed by atoms with van der Waals surface area (Å²) in [6.45, 7) is 7.29. The summed E-state index contributed by atoms with van der Waals surface area (Å²) in [7, 11) is 0. The first-order valence-corrected chi connectivity index (χ1v) is 13.0. The number of carbonyl (C=O) groups excluding carboxylic acids is 3. The van der Waals surface area contributed by atoms with Gasteiger partial charge in [0.1, 0.15) is 17.7 Å². The van der Waals surface area contributed by atoms with E-state index < -0.39 is 23.8 Å². The molecule has 2 saturated carbocycles. The third kappa shape index (κ3) is 7.39. The number of thiol groups is 1. The molecule has 0 aromatic heterocycles. The van der Waals surface area contributed by atoms with E-state index in [1.54, 1.807) is 25.7 Å². The van der Waals surface area contributed by atoms with Gasteiger partial charge in [0.2, 0.25) is 11.8 Å². The average Bonchev–Trinajstić information content (AvgIpc) is 3.60. The molecule has 0 heterocycles. The number of rotatable bonds is 8. The normalized spacial score (nSPS) is 18.5. The highest BCUT2D eigenvalue weighted by Gasteiger charge is 2.44. The minimum Gasteiger partial charge on any atom is -0.444 e. The van der Waals surface area contributed by atoms with E-state index in [1.165, 1.54) is 6.42 Å². The first kappa shape index (κ1) is 26.4. The van der Waals surface area contributed by atoms with Crippen LogP contribution < -0.4 is 10.6 Å². The van der Waals surface area contributed by atoms with Gasteiger partial charge in [0, 0.05) is 17.8 Å². The number of nitrogens with one attached hydrogen (secondary N) is 2. The minimum absolute atomic E-state index is 0.0428. The van der Waals surface area contributed by atoms with Crippen LogP contribution in [0.3, 0.4) is 0 Å². The molecule has 2 aliphatic rings. The number of carbonyl (C=O) groups is 3. The Hall–Kier alpha value is -2.22. The van der Waals surface area contributed by atoms with Crippen LogP contribution in [0.25, 0.3) is 0 Å².